The van der Waals surface area contributed by atoms with Crippen LogP contribution >= 0.6 is 0 Å². The summed E-state index contributed by atoms with van der Waals surface area (Å²) in [6.07, 6.45) is 4.82. The number of nitrogens with zero attached hydrogens (tertiary/aromatic N) is 4. The van der Waals surface area contributed by atoms with Crippen LogP contribution in [0.5, 0.6) is 0 Å². The molecule has 0 radical (unpaired) electrons. The summed E-state index contributed by atoms with van der Waals surface area (Å²) >= 11 is 0. The van der Waals surface area contributed by atoms with Crippen molar-refractivity contribution in [1.29, 1.82) is 0 Å². The van der Waals surface area contributed by atoms with Crippen molar-refractivity contribution in [3.63, 3.8) is 0 Å². The molecule has 20 heavy (non-hydrogen) atoms. The van der Waals surface area contributed by atoms with Gasteiger partial charge in [-0.05, 0) is 20.5 Å². The number of nitrogens with one attached hydrogen (secondary N) is 1. The fourth-order valence-corrected chi connectivity index (χ4v) is 1.87. The molecule has 0 aliphatic carbocycles. The Hall–Kier alpha value is -1.20. The van der Waals surface area contributed by atoms with Crippen LogP contribution in [0.4, 0.5) is 5.82 Å². The summed E-state index contributed by atoms with van der Waals surface area (Å²) in [6, 6.07) is 0.459. The lowest BCUT2D eigenvalue weighted by atomic mass is 10.3. The molecule has 114 valence electrons. The van der Waals surface area contributed by atoms with Crippen molar-refractivity contribution in [3.05, 3.63) is 18.1 Å². The van der Waals surface area contributed by atoms with Crippen LogP contribution in [0.25, 0.3) is 0 Å². The third-order valence-corrected chi connectivity index (χ3v) is 3.00. The van der Waals surface area contributed by atoms with Gasteiger partial charge in [0.25, 0.3) is 0 Å². The van der Waals surface area contributed by atoms with Crippen LogP contribution in [0.1, 0.15) is 32.9 Å². The molecule has 0 saturated heterocycles. The topological polar surface area (TPSA) is 44.3 Å². The highest BCUT2D eigenvalue weighted by Gasteiger charge is 2.09. The predicted molar refractivity (Wildman–Crippen MR) is 85.1 cm³/mol. The Kier molecular flexibility index (Phi) is 7.47. The van der Waals surface area contributed by atoms with Crippen LogP contribution in [-0.2, 0) is 6.54 Å². The highest BCUT2D eigenvalue weighted by Crippen LogP contribution is 2.10. The summed E-state index contributed by atoms with van der Waals surface area (Å²) < 4.78 is 0. The van der Waals surface area contributed by atoms with Crippen molar-refractivity contribution >= 4 is 5.82 Å². The van der Waals surface area contributed by atoms with E-state index in [4.69, 9.17) is 4.98 Å². The van der Waals surface area contributed by atoms with Gasteiger partial charge in [0.2, 0.25) is 0 Å². The molecule has 0 saturated carbocycles. The van der Waals surface area contributed by atoms with Crippen LogP contribution in [0.3, 0.4) is 0 Å². The third kappa shape index (κ3) is 6.30. The van der Waals surface area contributed by atoms with E-state index in [9.17, 15) is 0 Å². The lowest BCUT2D eigenvalue weighted by molar-refractivity contribution is 0.412. The first-order valence-corrected chi connectivity index (χ1v) is 7.47. The van der Waals surface area contributed by atoms with Crippen LogP contribution in [0.15, 0.2) is 12.4 Å². The Labute approximate surface area is 123 Å². The lowest BCUT2D eigenvalue weighted by Crippen LogP contribution is -2.33. The van der Waals surface area contributed by atoms with Crippen molar-refractivity contribution in [2.45, 2.75) is 39.8 Å². The van der Waals surface area contributed by atoms with E-state index < -0.39 is 0 Å². The average molecular weight is 279 g/mol. The normalized spacial score (nSPS) is 11.3. The monoisotopic (exact) mass is 279 g/mol. The van der Waals surface area contributed by atoms with E-state index in [0.717, 1.165) is 44.1 Å². The highest BCUT2D eigenvalue weighted by atomic mass is 15.2. The van der Waals surface area contributed by atoms with Gasteiger partial charge in [-0.3, -0.25) is 4.98 Å². The maximum absolute atomic E-state index is 4.72. The van der Waals surface area contributed by atoms with E-state index in [-0.39, 0.29) is 0 Å². The zero-order valence-electron chi connectivity index (χ0n) is 13.6. The second-order valence-electron chi connectivity index (χ2n) is 5.69. The SMILES string of the molecule is CCCN(CCN(C)C)c1cncc(CNC(C)C)n1. The number of hydrogen-bond donors (Lipinski definition) is 1. The minimum atomic E-state index is 0.459. The number of rotatable bonds is 9. The Bertz CT molecular complexity index is 378. The molecule has 1 heterocycles. The van der Waals surface area contributed by atoms with E-state index in [0.29, 0.717) is 6.04 Å². The molecule has 1 aromatic rings. The molecule has 0 fully saturated rings. The first-order chi connectivity index (χ1) is 9.52. The third-order valence-electron chi connectivity index (χ3n) is 3.00. The molecule has 0 atom stereocenters. The van der Waals surface area contributed by atoms with Gasteiger partial charge in [0, 0.05) is 38.4 Å². The molecule has 1 aromatic heterocycles. The lowest BCUT2D eigenvalue weighted by Gasteiger charge is -2.25. The molecule has 0 spiro atoms. The molecule has 0 unspecified atom stereocenters. The Morgan fingerprint density at radius 1 is 1.15 bits per heavy atom. The van der Waals surface area contributed by atoms with E-state index in [2.05, 4.69) is 55.0 Å². The number of aromatic nitrogens is 2. The van der Waals surface area contributed by atoms with E-state index >= 15 is 0 Å². The molecule has 0 aliphatic rings. The second-order valence-corrected chi connectivity index (χ2v) is 5.69. The first-order valence-electron chi connectivity index (χ1n) is 7.47. The molecule has 5 nitrogen and oxygen atoms in total. The van der Waals surface area contributed by atoms with E-state index in [1.165, 1.54) is 0 Å². The Balaban J connectivity index is 2.71. The molecule has 1 rings (SSSR count). The minimum Gasteiger partial charge on any atom is -0.354 e. The van der Waals surface area contributed by atoms with Gasteiger partial charge in [-0.15, -0.1) is 0 Å². The van der Waals surface area contributed by atoms with Crippen LogP contribution in [0.2, 0.25) is 0 Å². The summed E-state index contributed by atoms with van der Waals surface area (Å²) in [6.45, 7) is 10.3. The van der Waals surface area contributed by atoms with Crippen LogP contribution in [0, 0.1) is 0 Å². The number of likely N-dealkylation sites (N-methyl/N-ethyl adjacent to an activating group) is 1. The van der Waals surface area contributed by atoms with Crippen molar-refractivity contribution in [3.8, 4) is 0 Å². The van der Waals surface area contributed by atoms with Gasteiger partial charge in [0.15, 0.2) is 0 Å². The zero-order chi connectivity index (χ0) is 15.0. The maximum Gasteiger partial charge on any atom is 0.147 e. The fourth-order valence-electron chi connectivity index (χ4n) is 1.87. The molecular weight excluding hydrogens is 250 g/mol. The van der Waals surface area contributed by atoms with Gasteiger partial charge < -0.3 is 15.1 Å². The molecule has 5 heteroatoms. The quantitative estimate of drug-likeness (QED) is 0.746. The standard InChI is InChI=1S/C15H29N5/c1-6-7-20(9-8-19(4)5)15-12-16-10-14(18-15)11-17-13(2)3/h10,12-13,17H,6-9,11H2,1-5H3. The smallest absolute Gasteiger partial charge is 0.147 e. The van der Waals surface area contributed by atoms with E-state index in [1.54, 1.807) is 0 Å². The number of hydrogen-bond acceptors (Lipinski definition) is 5. The summed E-state index contributed by atoms with van der Waals surface area (Å²) in [5, 5.41) is 3.38. The largest absolute Gasteiger partial charge is 0.354 e. The van der Waals surface area contributed by atoms with Crippen molar-refractivity contribution < 1.29 is 0 Å². The molecule has 0 aromatic carbocycles. The molecule has 0 bridgehead atoms. The summed E-state index contributed by atoms with van der Waals surface area (Å²) in [5.74, 6) is 0.983. The minimum absolute atomic E-state index is 0.459. The van der Waals surface area contributed by atoms with Gasteiger partial charge in [-0.2, -0.15) is 0 Å². The maximum atomic E-state index is 4.72. The second kappa shape index (κ2) is 8.87. The van der Waals surface area contributed by atoms with Gasteiger partial charge in [0.05, 0.1) is 11.9 Å². The highest BCUT2D eigenvalue weighted by molar-refractivity contribution is 5.36. The van der Waals surface area contributed by atoms with E-state index in [1.807, 2.05) is 12.4 Å². The van der Waals surface area contributed by atoms with Gasteiger partial charge in [-0.25, -0.2) is 4.98 Å². The fraction of sp³-hybridized carbons (Fsp3) is 0.733. The van der Waals surface area contributed by atoms with Crippen LogP contribution in [-0.4, -0.2) is 54.6 Å². The molecule has 1 N–H and O–H groups in total. The van der Waals surface area contributed by atoms with Gasteiger partial charge >= 0.3 is 0 Å². The predicted octanol–water partition coefficient (Wildman–Crippen LogP) is 1.75. The van der Waals surface area contributed by atoms with Gasteiger partial charge in [-0.1, -0.05) is 20.8 Å². The van der Waals surface area contributed by atoms with Crippen molar-refractivity contribution in [2.75, 3.05) is 38.6 Å². The van der Waals surface area contributed by atoms with Crippen LogP contribution < -0.4 is 10.2 Å². The summed E-state index contributed by atoms with van der Waals surface area (Å²) in [5.41, 5.74) is 1.00. The van der Waals surface area contributed by atoms with Crippen molar-refractivity contribution in [1.82, 2.24) is 20.2 Å². The van der Waals surface area contributed by atoms with Gasteiger partial charge in [0.1, 0.15) is 5.82 Å². The molecule has 0 amide bonds. The van der Waals surface area contributed by atoms with Crippen molar-refractivity contribution in [2.24, 2.45) is 0 Å². The Morgan fingerprint density at radius 2 is 1.90 bits per heavy atom. The zero-order valence-corrected chi connectivity index (χ0v) is 13.6. The summed E-state index contributed by atoms with van der Waals surface area (Å²) in [4.78, 5) is 13.6. The number of anilines is 1. The average Bonchev–Trinajstić information content (AvgIpc) is 2.41. The Morgan fingerprint density at radius 3 is 2.50 bits per heavy atom. The molecule has 0 aliphatic heterocycles. The molecular formula is C15H29N5. The summed E-state index contributed by atoms with van der Waals surface area (Å²) in [7, 11) is 4.19. The first kappa shape index (κ1) is 16.9.